The van der Waals surface area contributed by atoms with Crippen LogP contribution < -0.4 is 14.8 Å². The van der Waals surface area contributed by atoms with Gasteiger partial charge < -0.3 is 19.7 Å². The average molecular weight is 405 g/mol. The molecule has 1 aromatic rings. The average Bonchev–Trinajstić information content (AvgIpc) is 2.76. The second-order valence-corrected chi connectivity index (χ2v) is 7.52. The van der Waals surface area contributed by atoms with Crippen LogP contribution in [0.2, 0.25) is 0 Å². The normalized spacial score (nSPS) is 23.0. The van der Waals surface area contributed by atoms with E-state index >= 15 is 0 Å². The Bertz CT molecular complexity index is 987. The van der Waals surface area contributed by atoms with E-state index in [2.05, 4.69) is 23.2 Å². The van der Waals surface area contributed by atoms with Crippen LogP contribution in [0.3, 0.4) is 0 Å². The van der Waals surface area contributed by atoms with Crippen LogP contribution in [0.5, 0.6) is 11.5 Å². The monoisotopic (exact) mass is 405 g/mol. The van der Waals surface area contributed by atoms with E-state index in [9.17, 15) is 4.79 Å². The molecule has 3 heterocycles. The van der Waals surface area contributed by atoms with Gasteiger partial charge in [0.05, 0.1) is 19.9 Å². The van der Waals surface area contributed by atoms with E-state index in [0.29, 0.717) is 17.5 Å². The molecular formula is C24H27N3O3. The van der Waals surface area contributed by atoms with Crippen LogP contribution in [0.1, 0.15) is 12.5 Å². The van der Waals surface area contributed by atoms with Crippen LogP contribution in [0.15, 0.2) is 72.2 Å². The number of ether oxygens (including phenoxy) is 2. The summed E-state index contributed by atoms with van der Waals surface area (Å²) in [5.74, 6) is 1.20. The third-order valence-corrected chi connectivity index (χ3v) is 5.47. The molecule has 1 aromatic carbocycles. The van der Waals surface area contributed by atoms with Gasteiger partial charge in [0.1, 0.15) is 0 Å². The number of nitrogens with zero attached hydrogens (tertiary/aromatic N) is 2. The van der Waals surface area contributed by atoms with Gasteiger partial charge in [-0.1, -0.05) is 18.2 Å². The SMILES string of the molecule is COc1ccc(C2=CC(=O)N3C=C(N4CCN[C@H](C)C4)C=C/C3=C\C=C2)cc1OC. The molecule has 0 bridgehead atoms. The highest BCUT2D eigenvalue weighted by Gasteiger charge is 2.23. The summed E-state index contributed by atoms with van der Waals surface area (Å²) in [7, 11) is 3.21. The lowest BCUT2D eigenvalue weighted by molar-refractivity contribution is -0.122. The summed E-state index contributed by atoms with van der Waals surface area (Å²) in [4.78, 5) is 17.2. The second-order valence-electron chi connectivity index (χ2n) is 7.52. The number of benzene rings is 1. The van der Waals surface area contributed by atoms with Crippen molar-refractivity contribution in [1.82, 2.24) is 15.1 Å². The predicted octanol–water partition coefficient (Wildman–Crippen LogP) is 3.07. The zero-order chi connectivity index (χ0) is 21.1. The minimum atomic E-state index is -0.0829. The highest BCUT2D eigenvalue weighted by molar-refractivity contribution is 6.00. The Morgan fingerprint density at radius 1 is 1.07 bits per heavy atom. The molecule has 1 saturated heterocycles. The van der Waals surface area contributed by atoms with Crippen molar-refractivity contribution in [2.75, 3.05) is 33.9 Å². The molecule has 1 fully saturated rings. The summed E-state index contributed by atoms with van der Waals surface area (Å²) in [5, 5.41) is 3.45. The fourth-order valence-corrected chi connectivity index (χ4v) is 3.88. The van der Waals surface area contributed by atoms with E-state index in [1.54, 1.807) is 25.2 Å². The molecule has 0 unspecified atom stereocenters. The van der Waals surface area contributed by atoms with Crippen molar-refractivity contribution < 1.29 is 14.3 Å². The molecule has 3 aliphatic rings. The van der Waals surface area contributed by atoms with Gasteiger partial charge in [-0.15, -0.1) is 0 Å². The number of allylic oxidation sites excluding steroid dienone is 6. The summed E-state index contributed by atoms with van der Waals surface area (Å²) in [6.07, 6.45) is 13.5. The first kappa shape index (κ1) is 20.0. The lowest BCUT2D eigenvalue weighted by Gasteiger charge is -2.36. The molecule has 6 heteroatoms. The molecule has 0 spiro atoms. The Labute approximate surface area is 177 Å². The first-order chi connectivity index (χ1) is 14.6. The number of nitrogens with one attached hydrogen (secondary N) is 1. The third-order valence-electron chi connectivity index (χ3n) is 5.47. The zero-order valence-corrected chi connectivity index (χ0v) is 17.6. The van der Waals surface area contributed by atoms with E-state index in [-0.39, 0.29) is 5.91 Å². The summed E-state index contributed by atoms with van der Waals surface area (Å²) >= 11 is 0. The molecule has 4 rings (SSSR count). The number of carbonyl (C=O) groups is 1. The molecule has 0 aromatic heterocycles. The zero-order valence-electron chi connectivity index (χ0n) is 17.6. The number of amides is 1. The molecule has 0 aliphatic carbocycles. The molecule has 0 radical (unpaired) electrons. The van der Waals surface area contributed by atoms with E-state index in [0.717, 1.165) is 42.2 Å². The van der Waals surface area contributed by atoms with E-state index in [1.165, 1.54) is 0 Å². The Balaban J connectivity index is 1.64. The van der Waals surface area contributed by atoms with Crippen LogP contribution in [0, 0.1) is 0 Å². The van der Waals surface area contributed by atoms with Crippen LogP contribution in [-0.4, -0.2) is 55.6 Å². The summed E-state index contributed by atoms with van der Waals surface area (Å²) in [6.45, 7) is 4.96. The minimum Gasteiger partial charge on any atom is -0.493 e. The van der Waals surface area contributed by atoms with Crippen LogP contribution in [-0.2, 0) is 4.79 Å². The smallest absolute Gasteiger partial charge is 0.255 e. The lowest BCUT2D eigenvalue weighted by atomic mass is 10.0. The molecule has 1 atom stereocenters. The highest BCUT2D eigenvalue weighted by Crippen LogP contribution is 2.32. The van der Waals surface area contributed by atoms with Crippen molar-refractivity contribution in [2.45, 2.75) is 13.0 Å². The molecule has 6 nitrogen and oxygen atoms in total. The maximum atomic E-state index is 13.2. The highest BCUT2D eigenvalue weighted by atomic mass is 16.5. The van der Waals surface area contributed by atoms with E-state index in [1.807, 2.05) is 48.7 Å². The minimum absolute atomic E-state index is 0.0829. The Hall–Kier alpha value is -3.25. The molecule has 1 N–H and O–H groups in total. The van der Waals surface area contributed by atoms with Gasteiger partial charge in [0.2, 0.25) is 0 Å². The van der Waals surface area contributed by atoms with Gasteiger partial charge in [0.25, 0.3) is 5.91 Å². The van der Waals surface area contributed by atoms with Crippen LogP contribution >= 0.6 is 0 Å². The van der Waals surface area contributed by atoms with Crippen molar-refractivity contribution in [1.29, 1.82) is 0 Å². The first-order valence-electron chi connectivity index (χ1n) is 10.1. The maximum absolute atomic E-state index is 13.2. The Morgan fingerprint density at radius 2 is 1.87 bits per heavy atom. The van der Waals surface area contributed by atoms with E-state index in [4.69, 9.17) is 9.47 Å². The number of hydrogen-bond donors (Lipinski definition) is 1. The van der Waals surface area contributed by atoms with Crippen molar-refractivity contribution in [3.8, 4) is 11.5 Å². The van der Waals surface area contributed by atoms with Crippen molar-refractivity contribution in [3.05, 3.63) is 77.8 Å². The fraction of sp³-hybridized carbons (Fsp3) is 0.292. The fourth-order valence-electron chi connectivity index (χ4n) is 3.88. The van der Waals surface area contributed by atoms with Crippen molar-refractivity contribution in [2.24, 2.45) is 0 Å². The molecular weight excluding hydrogens is 378 g/mol. The molecule has 1 amide bonds. The summed E-state index contributed by atoms with van der Waals surface area (Å²) < 4.78 is 10.7. The molecule has 156 valence electrons. The Kier molecular flexibility index (Phi) is 5.77. The van der Waals surface area contributed by atoms with Gasteiger partial charge in [-0.2, -0.15) is 0 Å². The van der Waals surface area contributed by atoms with Gasteiger partial charge >= 0.3 is 0 Å². The van der Waals surface area contributed by atoms with Crippen LogP contribution in [0.25, 0.3) is 5.57 Å². The molecule has 30 heavy (non-hydrogen) atoms. The van der Waals surface area contributed by atoms with Gasteiger partial charge in [-0.25, -0.2) is 0 Å². The lowest BCUT2D eigenvalue weighted by Crippen LogP contribution is -2.48. The molecule has 3 aliphatic heterocycles. The molecule has 0 saturated carbocycles. The van der Waals surface area contributed by atoms with Crippen molar-refractivity contribution in [3.63, 3.8) is 0 Å². The van der Waals surface area contributed by atoms with E-state index < -0.39 is 0 Å². The number of carbonyl (C=O) groups excluding carboxylic acids is 1. The van der Waals surface area contributed by atoms with Gasteiger partial charge in [-0.05, 0) is 48.4 Å². The number of rotatable bonds is 4. The standard InChI is InChI=1S/C24H27N3O3/c1-17-15-26(12-11-25-17)21-9-8-20-6-4-5-18(14-24(28)27(20)16-21)19-7-10-22(29-2)23(13-19)30-3/h4-10,13-14,16-17,25H,11-12,15H2,1-3H3/b5-4?,18-14?,20-6+/t17-/m1/s1. The third kappa shape index (κ3) is 4.04. The van der Waals surface area contributed by atoms with Crippen LogP contribution in [0.4, 0.5) is 0 Å². The van der Waals surface area contributed by atoms with Crippen molar-refractivity contribution >= 4 is 11.5 Å². The first-order valence-corrected chi connectivity index (χ1v) is 10.1. The number of piperazine rings is 1. The van der Waals surface area contributed by atoms with Gasteiger partial charge in [0.15, 0.2) is 11.5 Å². The Morgan fingerprint density at radius 3 is 2.63 bits per heavy atom. The number of methoxy groups -OCH3 is 2. The van der Waals surface area contributed by atoms with Gasteiger partial charge in [0, 0.05) is 43.6 Å². The number of hydrogen-bond acceptors (Lipinski definition) is 5. The quantitative estimate of drug-likeness (QED) is 0.834. The van der Waals surface area contributed by atoms with Gasteiger partial charge in [-0.3, -0.25) is 9.69 Å². The summed E-state index contributed by atoms with van der Waals surface area (Å²) in [6, 6.07) is 6.08. The predicted molar refractivity (Wildman–Crippen MR) is 118 cm³/mol. The number of fused-ring (bicyclic) bond motifs is 1. The maximum Gasteiger partial charge on any atom is 0.255 e. The summed E-state index contributed by atoms with van der Waals surface area (Å²) in [5.41, 5.74) is 3.61. The topological polar surface area (TPSA) is 54.0 Å². The second kappa shape index (κ2) is 8.63. The largest absolute Gasteiger partial charge is 0.493 e.